The van der Waals surface area contributed by atoms with Crippen molar-refractivity contribution in [1.29, 1.82) is 0 Å². The van der Waals surface area contributed by atoms with Crippen molar-refractivity contribution in [2.45, 2.75) is 18.4 Å². The maximum Gasteiger partial charge on any atom is 0.264 e. The number of hydrogen-bond donors (Lipinski definition) is 0. The van der Waals surface area contributed by atoms with Gasteiger partial charge in [-0.1, -0.05) is 41.1 Å². The minimum atomic E-state index is -3.81. The molecule has 2 heterocycles. The zero-order valence-corrected chi connectivity index (χ0v) is 22.1. The highest BCUT2D eigenvalue weighted by Gasteiger charge is 2.26. The van der Waals surface area contributed by atoms with Gasteiger partial charge in [0.15, 0.2) is 5.13 Å². The number of halogens is 1. The minimum absolute atomic E-state index is 0.0990. The van der Waals surface area contributed by atoms with E-state index in [9.17, 15) is 13.2 Å². The fourth-order valence-corrected chi connectivity index (χ4v) is 6.64. The average molecular weight is 552 g/mol. The van der Waals surface area contributed by atoms with Gasteiger partial charge in [0, 0.05) is 17.1 Å². The molecule has 0 bridgehead atoms. The van der Waals surface area contributed by atoms with Crippen molar-refractivity contribution in [3.05, 3.63) is 108 Å². The molecular formula is C27H22ClN3O4S2. The Bertz CT molecular complexity index is 1630. The van der Waals surface area contributed by atoms with Crippen molar-refractivity contribution in [3.8, 4) is 0 Å². The largest absolute Gasteiger partial charge is 0.467 e. The smallest absolute Gasteiger partial charge is 0.264 e. The number of furan rings is 1. The van der Waals surface area contributed by atoms with E-state index in [4.69, 9.17) is 16.0 Å². The number of rotatable bonds is 8. The standard InChI is InChI=1S/C27H22ClN3O4S2/c1-2-31(21-7-4-3-5-8-21)37(33,34)23-13-10-19(11-14-23)26(32)30(18-22-9-6-16-35-22)27-29-24-15-12-20(28)17-25(24)36-27/h3-17H,2,18H2,1H3. The Morgan fingerprint density at radius 3 is 2.43 bits per heavy atom. The Hall–Kier alpha value is -3.66. The van der Waals surface area contributed by atoms with Gasteiger partial charge >= 0.3 is 0 Å². The van der Waals surface area contributed by atoms with E-state index in [0.717, 1.165) is 10.2 Å². The second kappa shape index (κ2) is 10.4. The average Bonchev–Trinajstić information content (AvgIpc) is 3.57. The predicted octanol–water partition coefficient (Wildman–Crippen LogP) is 6.60. The van der Waals surface area contributed by atoms with Gasteiger partial charge in [-0.2, -0.15) is 0 Å². The first-order valence-electron chi connectivity index (χ1n) is 11.4. The van der Waals surface area contributed by atoms with Crippen LogP contribution < -0.4 is 9.21 Å². The van der Waals surface area contributed by atoms with E-state index >= 15 is 0 Å². The van der Waals surface area contributed by atoms with Gasteiger partial charge in [0.05, 0.1) is 33.6 Å². The fourth-order valence-electron chi connectivity index (χ4n) is 3.92. The normalized spacial score (nSPS) is 11.5. The lowest BCUT2D eigenvalue weighted by Crippen LogP contribution is -2.31. The summed E-state index contributed by atoms with van der Waals surface area (Å²) < 4.78 is 34.3. The number of hydrogen-bond acceptors (Lipinski definition) is 6. The Morgan fingerprint density at radius 1 is 1.00 bits per heavy atom. The molecule has 0 spiro atoms. The van der Waals surface area contributed by atoms with Gasteiger partial charge in [-0.15, -0.1) is 0 Å². The van der Waals surface area contributed by atoms with Crippen molar-refractivity contribution >= 4 is 59.9 Å². The van der Waals surface area contributed by atoms with Crippen LogP contribution in [0.2, 0.25) is 5.02 Å². The van der Waals surface area contributed by atoms with Crippen LogP contribution in [0.15, 0.2) is 101 Å². The highest BCUT2D eigenvalue weighted by atomic mass is 35.5. The van der Waals surface area contributed by atoms with Gasteiger partial charge in [-0.25, -0.2) is 13.4 Å². The summed E-state index contributed by atoms with van der Waals surface area (Å²) >= 11 is 7.48. The van der Waals surface area contributed by atoms with Crippen LogP contribution >= 0.6 is 22.9 Å². The summed E-state index contributed by atoms with van der Waals surface area (Å²) in [5.41, 5.74) is 1.62. The quantitative estimate of drug-likeness (QED) is 0.217. The van der Waals surface area contributed by atoms with Crippen LogP contribution in [0.25, 0.3) is 10.2 Å². The molecule has 188 valence electrons. The van der Waals surface area contributed by atoms with Gasteiger partial charge in [0.1, 0.15) is 5.76 Å². The number of thiazole rings is 1. The number of carbonyl (C=O) groups excluding carboxylic acids is 1. The van der Waals surface area contributed by atoms with Crippen LogP contribution in [0.1, 0.15) is 23.0 Å². The highest BCUT2D eigenvalue weighted by molar-refractivity contribution is 7.92. The molecular weight excluding hydrogens is 530 g/mol. The summed E-state index contributed by atoms with van der Waals surface area (Å²) in [6.07, 6.45) is 1.54. The molecule has 2 aromatic heterocycles. The monoisotopic (exact) mass is 551 g/mol. The summed E-state index contributed by atoms with van der Waals surface area (Å²) in [6, 6.07) is 23.8. The maximum absolute atomic E-state index is 13.7. The third-order valence-electron chi connectivity index (χ3n) is 5.73. The summed E-state index contributed by atoms with van der Waals surface area (Å²) in [7, 11) is -3.81. The molecule has 1 amide bonds. The van der Waals surface area contributed by atoms with Crippen LogP contribution in [0.5, 0.6) is 0 Å². The number of aromatic nitrogens is 1. The lowest BCUT2D eigenvalue weighted by atomic mass is 10.2. The predicted molar refractivity (Wildman–Crippen MR) is 147 cm³/mol. The van der Waals surface area contributed by atoms with Crippen LogP contribution in [-0.4, -0.2) is 25.9 Å². The van der Waals surface area contributed by atoms with Crippen molar-refractivity contribution in [3.63, 3.8) is 0 Å². The Morgan fingerprint density at radius 2 is 1.76 bits per heavy atom. The molecule has 5 rings (SSSR count). The van der Waals surface area contributed by atoms with E-state index in [1.165, 1.54) is 44.8 Å². The molecule has 0 saturated heterocycles. The summed E-state index contributed by atoms with van der Waals surface area (Å²) in [5, 5.41) is 1.07. The number of benzene rings is 3. The molecule has 0 unspecified atom stereocenters. The molecule has 37 heavy (non-hydrogen) atoms. The molecule has 0 aliphatic heterocycles. The number of sulfonamides is 1. The van der Waals surface area contributed by atoms with Crippen molar-refractivity contribution < 1.29 is 17.6 Å². The van der Waals surface area contributed by atoms with Crippen molar-refractivity contribution in [2.75, 3.05) is 15.7 Å². The summed E-state index contributed by atoms with van der Waals surface area (Å²) in [4.78, 5) is 19.9. The molecule has 10 heteroatoms. The first kappa shape index (κ1) is 25.0. The second-order valence-electron chi connectivity index (χ2n) is 8.11. The van der Waals surface area contributed by atoms with E-state index in [1.807, 2.05) is 6.07 Å². The van der Waals surface area contributed by atoms with Crippen LogP contribution in [0.3, 0.4) is 0 Å². The van der Waals surface area contributed by atoms with E-state index in [1.54, 1.807) is 67.8 Å². The number of fused-ring (bicyclic) bond motifs is 1. The van der Waals surface area contributed by atoms with Crippen LogP contribution in [0, 0.1) is 0 Å². The molecule has 0 saturated carbocycles. The third-order valence-corrected chi connectivity index (χ3v) is 8.92. The topological polar surface area (TPSA) is 83.7 Å². The highest BCUT2D eigenvalue weighted by Crippen LogP contribution is 2.33. The number of nitrogens with zero attached hydrogens (tertiary/aromatic N) is 3. The molecule has 0 atom stereocenters. The molecule has 0 radical (unpaired) electrons. The van der Waals surface area contributed by atoms with Gasteiger partial charge in [-0.05, 0) is 73.7 Å². The fraction of sp³-hybridized carbons (Fsp3) is 0.111. The number of carbonyl (C=O) groups is 1. The van der Waals surface area contributed by atoms with Crippen LogP contribution in [-0.2, 0) is 16.6 Å². The summed E-state index contributed by atoms with van der Waals surface area (Å²) in [6.45, 7) is 2.21. The Kier molecular flexibility index (Phi) is 7.01. The molecule has 0 aliphatic carbocycles. The second-order valence-corrected chi connectivity index (χ2v) is 11.4. The van der Waals surface area contributed by atoms with E-state index in [-0.39, 0.29) is 23.9 Å². The first-order valence-corrected chi connectivity index (χ1v) is 14.1. The maximum atomic E-state index is 13.7. The Balaban J connectivity index is 1.47. The molecule has 0 N–H and O–H groups in total. The molecule has 3 aromatic carbocycles. The molecule has 0 fully saturated rings. The zero-order chi connectivity index (χ0) is 26.0. The van der Waals surface area contributed by atoms with Gasteiger partial charge < -0.3 is 4.42 Å². The van der Waals surface area contributed by atoms with E-state index in [2.05, 4.69) is 4.98 Å². The third kappa shape index (κ3) is 5.11. The molecule has 0 aliphatic rings. The first-order chi connectivity index (χ1) is 17.9. The number of para-hydroxylation sites is 1. The lowest BCUT2D eigenvalue weighted by Gasteiger charge is -2.23. The van der Waals surface area contributed by atoms with Gasteiger partial charge in [0.25, 0.3) is 15.9 Å². The minimum Gasteiger partial charge on any atom is -0.467 e. The van der Waals surface area contributed by atoms with Gasteiger partial charge in [-0.3, -0.25) is 14.0 Å². The van der Waals surface area contributed by atoms with Gasteiger partial charge in [0.2, 0.25) is 0 Å². The Labute approximate surface area is 223 Å². The number of amides is 1. The van der Waals surface area contributed by atoms with E-state index < -0.39 is 10.0 Å². The SMILES string of the molecule is CCN(c1ccccc1)S(=O)(=O)c1ccc(C(=O)N(Cc2ccco2)c2nc3ccc(Cl)cc3s2)cc1. The molecule has 7 nitrogen and oxygen atoms in total. The van der Waals surface area contributed by atoms with E-state index in [0.29, 0.717) is 27.2 Å². The van der Waals surface area contributed by atoms with Crippen LogP contribution in [0.4, 0.5) is 10.8 Å². The number of anilines is 2. The van der Waals surface area contributed by atoms with Crippen molar-refractivity contribution in [1.82, 2.24) is 4.98 Å². The van der Waals surface area contributed by atoms with Crippen molar-refractivity contribution in [2.24, 2.45) is 0 Å². The lowest BCUT2D eigenvalue weighted by molar-refractivity contribution is 0.0983. The molecule has 5 aromatic rings. The zero-order valence-electron chi connectivity index (χ0n) is 19.7. The summed E-state index contributed by atoms with van der Waals surface area (Å²) in [5.74, 6) is 0.257.